The predicted octanol–water partition coefficient (Wildman–Crippen LogP) is 4.15. The van der Waals surface area contributed by atoms with E-state index in [1.165, 1.54) is 12.3 Å². The molecular weight excluding hydrogens is 414 g/mol. The van der Waals surface area contributed by atoms with Crippen LogP contribution >= 0.6 is 11.8 Å². The maximum atomic E-state index is 12.9. The molecule has 2 heterocycles. The second-order valence-electron chi connectivity index (χ2n) is 5.34. The molecule has 0 aliphatic heterocycles. The molecule has 1 N–H and O–H groups in total. The van der Waals surface area contributed by atoms with Crippen molar-refractivity contribution in [3.05, 3.63) is 57.8 Å². The normalized spacial score (nSPS) is 12.4. The summed E-state index contributed by atoms with van der Waals surface area (Å²) in [7, 11) is 0. The second kappa shape index (κ2) is 7.30. The fraction of sp³-hybridized carbons (Fsp3) is 0.200. The summed E-state index contributed by atoms with van der Waals surface area (Å²) in [6.07, 6.45) is -8.71. The Kier molecular flexibility index (Phi) is 5.19. The van der Waals surface area contributed by atoms with Crippen molar-refractivity contribution in [2.75, 3.05) is 0 Å². The number of H-pyrrole nitrogens is 1. The molecule has 0 fully saturated rings. The van der Waals surface area contributed by atoms with Gasteiger partial charge < -0.3 is 9.51 Å². The van der Waals surface area contributed by atoms with Crippen molar-refractivity contribution in [1.29, 1.82) is 0 Å². The van der Waals surface area contributed by atoms with E-state index in [9.17, 15) is 31.1 Å². The zero-order valence-corrected chi connectivity index (χ0v) is 14.2. The number of benzene rings is 1. The molecular formula is C15H8F6N4O2S. The minimum atomic E-state index is -4.99. The first kappa shape index (κ1) is 19.9. The van der Waals surface area contributed by atoms with Crippen LogP contribution < -0.4 is 5.56 Å². The van der Waals surface area contributed by atoms with Crippen LogP contribution in [0.3, 0.4) is 0 Å². The van der Waals surface area contributed by atoms with Gasteiger partial charge in [-0.25, -0.2) is 4.98 Å². The fourth-order valence-corrected chi connectivity index (χ4v) is 2.76. The maximum Gasteiger partial charge on any atom is 0.416 e. The lowest BCUT2D eigenvalue weighted by atomic mass is 10.0. The van der Waals surface area contributed by atoms with E-state index >= 15 is 0 Å². The Hall–Kier alpha value is -2.83. The van der Waals surface area contributed by atoms with Crippen molar-refractivity contribution >= 4 is 11.8 Å². The van der Waals surface area contributed by atoms with Crippen LogP contribution in [0.5, 0.6) is 0 Å². The SMILES string of the molecule is O=c1ccnc(SCc2noc(-c3cc(C(F)(F)F)cc(C(F)(F)F)c3)n2)[nH]1. The first-order chi connectivity index (χ1) is 13.0. The molecule has 148 valence electrons. The third kappa shape index (κ3) is 4.71. The molecule has 0 aliphatic rings. The molecule has 2 aromatic heterocycles. The summed E-state index contributed by atoms with van der Waals surface area (Å²) < 4.78 is 82.3. The Labute approximate surface area is 156 Å². The standard InChI is InChI=1S/C15H8F6N4O2S/c16-14(17,18)8-3-7(4-9(5-8)15(19,20)21)12-23-10(25-27-12)6-28-13-22-2-1-11(26)24-13/h1-5H,6H2,(H,22,24,26). The molecule has 0 amide bonds. The van der Waals surface area contributed by atoms with Crippen molar-refractivity contribution < 1.29 is 30.9 Å². The fourth-order valence-electron chi connectivity index (χ4n) is 2.07. The van der Waals surface area contributed by atoms with E-state index in [1.807, 2.05) is 0 Å². The average Bonchev–Trinajstić information content (AvgIpc) is 3.07. The van der Waals surface area contributed by atoms with Crippen molar-refractivity contribution in [2.45, 2.75) is 23.3 Å². The maximum absolute atomic E-state index is 12.9. The number of rotatable bonds is 4. The highest BCUT2D eigenvalue weighted by Gasteiger charge is 2.37. The summed E-state index contributed by atoms with van der Waals surface area (Å²) in [4.78, 5) is 21.3. The summed E-state index contributed by atoms with van der Waals surface area (Å²) in [5, 5.41) is 3.76. The smallest absolute Gasteiger partial charge is 0.334 e. The monoisotopic (exact) mass is 422 g/mol. The predicted molar refractivity (Wildman–Crippen MR) is 84.2 cm³/mol. The summed E-state index contributed by atoms with van der Waals surface area (Å²) in [6, 6.07) is 2.20. The van der Waals surface area contributed by atoms with Crippen LogP contribution in [0.15, 0.2) is 44.9 Å². The van der Waals surface area contributed by atoms with Crippen LogP contribution in [0.1, 0.15) is 17.0 Å². The number of aromatic nitrogens is 4. The highest BCUT2D eigenvalue weighted by atomic mass is 32.2. The number of nitrogens with one attached hydrogen (secondary N) is 1. The topological polar surface area (TPSA) is 84.7 Å². The van der Waals surface area contributed by atoms with Gasteiger partial charge in [0.1, 0.15) is 0 Å². The first-order valence-electron chi connectivity index (χ1n) is 7.33. The lowest BCUT2D eigenvalue weighted by molar-refractivity contribution is -0.143. The molecule has 0 unspecified atom stereocenters. The van der Waals surface area contributed by atoms with Gasteiger partial charge >= 0.3 is 12.4 Å². The molecule has 0 saturated heterocycles. The number of alkyl halides is 6. The first-order valence-corrected chi connectivity index (χ1v) is 8.31. The largest absolute Gasteiger partial charge is 0.416 e. The average molecular weight is 422 g/mol. The zero-order valence-electron chi connectivity index (χ0n) is 13.4. The van der Waals surface area contributed by atoms with E-state index in [2.05, 4.69) is 20.1 Å². The van der Waals surface area contributed by atoms with Gasteiger partial charge in [0.05, 0.1) is 16.9 Å². The van der Waals surface area contributed by atoms with Gasteiger partial charge in [0.15, 0.2) is 11.0 Å². The number of hydrogen-bond acceptors (Lipinski definition) is 6. The van der Waals surface area contributed by atoms with Gasteiger partial charge in [-0.2, -0.15) is 31.3 Å². The molecule has 0 saturated carbocycles. The molecule has 0 atom stereocenters. The zero-order chi connectivity index (χ0) is 20.5. The Balaban J connectivity index is 1.88. The number of aromatic amines is 1. The minimum absolute atomic E-state index is 0.00234. The number of thioether (sulfide) groups is 1. The third-order valence-electron chi connectivity index (χ3n) is 3.29. The van der Waals surface area contributed by atoms with Crippen LogP contribution in [0.2, 0.25) is 0 Å². The second-order valence-corrected chi connectivity index (χ2v) is 6.30. The minimum Gasteiger partial charge on any atom is -0.334 e. The van der Waals surface area contributed by atoms with Gasteiger partial charge in [0.25, 0.3) is 11.4 Å². The van der Waals surface area contributed by atoms with E-state index in [0.29, 0.717) is 12.1 Å². The number of nitrogens with zero attached hydrogens (tertiary/aromatic N) is 3. The van der Waals surface area contributed by atoms with Gasteiger partial charge in [-0.1, -0.05) is 16.9 Å². The van der Waals surface area contributed by atoms with Crippen molar-refractivity contribution in [2.24, 2.45) is 0 Å². The van der Waals surface area contributed by atoms with Gasteiger partial charge in [0, 0.05) is 17.8 Å². The molecule has 3 aromatic rings. The molecule has 0 spiro atoms. The molecule has 13 heteroatoms. The molecule has 3 rings (SSSR count). The van der Waals surface area contributed by atoms with Crippen LogP contribution in [-0.4, -0.2) is 20.1 Å². The lowest BCUT2D eigenvalue weighted by Gasteiger charge is -2.12. The van der Waals surface area contributed by atoms with Crippen LogP contribution in [0.25, 0.3) is 11.5 Å². The number of halogens is 6. The van der Waals surface area contributed by atoms with E-state index in [4.69, 9.17) is 4.52 Å². The summed E-state index contributed by atoms with van der Waals surface area (Å²) >= 11 is 0.999. The third-order valence-corrected chi connectivity index (χ3v) is 4.17. The Bertz CT molecular complexity index is 1010. The summed E-state index contributed by atoms with van der Waals surface area (Å²) in [6.45, 7) is 0. The van der Waals surface area contributed by atoms with Gasteiger partial charge in [-0.3, -0.25) is 4.79 Å². The molecule has 0 aliphatic carbocycles. The summed E-state index contributed by atoms with van der Waals surface area (Å²) in [5.41, 5.74) is -3.89. The Morgan fingerprint density at radius 2 is 1.68 bits per heavy atom. The van der Waals surface area contributed by atoms with Gasteiger partial charge in [-0.15, -0.1) is 0 Å². The van der Waals surface area contributed by atoms with Gasteiger partial charge in [-0.05, 0) is 18.2 Å². The van der Waals surface area contributed by atoms with Crippen molar-refractivity contribution in [1.82, 2.24) is 20.1 Å². The van der Waals surface area contributed by atoms with E-state index < -0.39 is 40.5 Å². The van der Waals surface area contributed by atoms with Crippen LogP contribution in [-0.2, 0) is 18.1 Å². The van der Waals surface area contributed by atoms with E-state index in [-0.39, 0.29) is 22.8 Å². The Morgan fingerprint density at radius 1 is 1.04 bits per heavy atom. The molecule has 6 nitrogen and oxygen atoms in total. The molecule has 1 aromatic carbocycles. The highest BCUT2D eigenvalue weighted by molar-refractivity contribution is 7.98. The quantitative estimate of drug-likeness (QED) is 0.386. The van der Waals surface area contributed by atoms with Crippen LogP contribution in [0.4, 0.5) is 26.3 Å². The lowest BCUT2D eigenvalue weighted by Crippen LogP contribution is -2.11. The van der Waals surface area contributed by atoms with Gasteiger partial charge in [0.2, 0.25) is 0 Å². The molecule has 0 bridgehead atoms. The number of hydrogen-bond donors (Lipinski definition) is 1. The van der Waals surface area contributed by atoms with Crippen molar-refractivity contribution in [3.63, 3.8) is 0 Å². The molecule has 28 heavy (non-hydrogen) atoms. The highest BCUT2D eigenvalue weighted by Crippen LogP contribution is 2.38. The van der Waals surface area contributed by atoms with Crippen LogP contribution in [0, 0.1) is 0 Å². The van der Waals surface area contributed by atoms with E-state index in [1.54, 1.807) is 0 Å². The Morgan fingerprint density at radius 3 is 2.25 bits per heavy atom. The molecule has 0 radical (unpaired) electrons. The summed E-state index contributed by atoms with van der Waals surface area (Å²) in [5.74, 6) is -0.485. The van der Waals surface area contributed by atoms with E-state index in [0.717, 1.165) is 11.8 Å². The van der Waals surface area contributed by atoms with Crippen molar-refractivity contribution in [3.8, 4) is 11.5 Å².